The summed E-state index contributed by atoms with van der Waals surface area (Å²) in [6.07, 6.45) is -5.10. The second kappa shape index (κ2) is 7.57. The van der Waals surface area contributed by atoms with E-state index in [9.17, 15) is 22.5 Å². The zero-order valence-corrected chi connectivity index (χ0v) is 14.9. The van der Waals surface area contributed by atoms with E-state index in [0.717, 1.165) is 0 Å². The molecule has 0 aliphatic carbocycles. The molecule has 134 valence electrons. The Bertz CT molecular complexity index is 755. The van der Waals surface area contributed by atoms with E-state index in [1.54, 1.807) is 38.1 Å². The minimum absolute atomic E-state index is 0.0349. The van der Waals surface area contributed by atoms with Gasteiger partial charge in [0.25, 0.3) is 0 Å². The van der Waals surface area contributed by atoms with Crippen molar-refractivity contribution in [3.8, 4) is 0 Å². The molecule has 0 aliphatic rings. The molecule has 0 aromatic heterocycles. The van der Waals surface area contributed by atoms with Gasteiger partial charge in [-0.15, -0.1) is 0 Å². The smallest absolute Gasteiger partial charge is 0.310 e. The van der Waals surface area contributed by atoms with Crippen molar-refractivity contribution in [2.45, 2.75) is 32.1 Å². The van der Waals surface area contributed by atoms with Gasteiger partial charge in [0.2, 0.25) is 5.52 Å². The van der Waals surface area contributed by atoms with Crippen LogP contribution in [0.4, 0.5) is 13.2 Å². The van der Waals surface area contributed by atoms with Crippen LogP contribution in [0.1, 0.15) is 30.6 Å². The summed E-state index contributed by atoms with van der Waals surface area (Å²) in [7, 11) is -4.43. The first-order valence-corrected chi connectivity index (χ1v) is 9.77. The number of benzene rings is 2. The van der Waals surface area contributed by atoms with Crippen LogP contribution in [0.5, 0.6) is 0 Å². The van der Waals surface area contributed by atoms with Crippen LogP contribution >= 0.6 is 7.14 Å². The molecule has 2 aromatic rings. The topological polar surface area (TPSA) is 34.1 Å². The van der Waals surface area contributed by atoms with E-state index in [-0.39, 0.29) is 23.2 Å². The number of alkyl halides is 3. The normalized spacial score (nSPS) is 15.6. The number of carbonyl (C=O) groups is 1. The lowest BCUT2D eigenvalue weighted by molar-refractivity contribution is -0.133. The van der Waals surface area contributed by atoms with Crippen molar-refractivity contribution in [1.82, 2.24) is 0 Å². The monoisotopic (exact) mass is 368 g/mol. The molecule has 0 saturated heterocycles. The van der Waals surface area contributed by atoms with Crippen LogP contribution in [0.2, 0.25) is 0 Å². The van der Waals surface area contributed by atoms with Gasteiger partial charge in [0.15, 0.2) is 7.14 Å². The molecule has 0 radical (unpaired) electrons. The van der Waals surface area contributed by atoms with Crippen LogP contribution in [0, 0.1) is 5.92 Å². The zero-order chi connectivity index (χ0) is 18.7. The van der Waals surface area contributed by atoms with Gasteiger partial charge in [-0.3, -0.25) is 4.79 Å². The van der Waals surface area contributed by atoms with Crippen LogP contribution in [-0.4, -0.2) is 17.4 Å². The number of carbonyl (C=O) groups excluding carboxylic acids is 1. The van der Waals surface area contributed by atoms with Crippen molar-refractivity contribution in [3.05, 3.63) is 66.2 Å². The minimum Gasteiger partial charge on any atom is -0.310 e. The maximum absolute atomic E-state index is 13.8. The Kier molecular flexibility index (Phi) is 5.89. The van der Waals surface area contributed by atoms with Gasteiger partial charge in [-0.1, -0.05) is 74.5 Å². The van der Waals surface area contributed by atoms with Gasteiger partial charge in [0, 0.05) is 10.9 Å². The van der Waals surface area contributed by atoms with Crippen LogP contribution in [0.15, 0.2) is 60.7 Å². The molecule has 0 N–H and O–H groups in total. The molecule has 6 heteroatoms. The van der Waals surface area contributed by atoms with E-state index < -0.39 is 24.5 Å². The van der Waals surface area contributed by atoms with Gasteiger partial charge in [-0.05, 0) is 12.3 Å². The fourth-order valence-corrected chi connectivity index (χ4v) is 5.95. The Labute approximate surface area is 145 Å². The molecular weight excluding hydrogens is 348 g/mol. The van der Waals surface area contributed by atoms with E-state index in [0.29, 0.717) is 0 Å². The summed E-state index contributed by atoms with van der Waals surface area (Å²) >= 11 is 0. The largest absolute Gasteiger partial charge is 0.399 e. The third kappa shape index (κ3) is 4.21. The lowest BCUT2D eigenvalue weighted by atomic mass is 10.1. The number of hydrogen-bond donors (Lipinski definition) is 0. The molecule has 2 aromatic carbocycles. The van der Waals surface area contributed by atoms with E-state index >= 15 is 0 Å². The fraction of sp³-hybridized carbons (Fsp3) is 0.316. The van der Waals surface area contributed by atoms with Gasteiger partial charge in [0.05, 0.1) is 0 Å². The number of halogens is 3. The summed E-state index contributed by atoms with van der Waals surface area (Å²) < 4.78 is 55.2. The molecule has 2 rings (SSSR count). The van der Waals surface area contributed by atoms with Crippen LogP contribution in [0.3, 0.4) is 0 Å². The number of rotatable bonds is 6. The number of hydrogen-bond acceptors (Lipinski definition) is 2. The average Bonchev–Trinajstić information content (AvgIpc) is 2.59. The quantitative estimate of drug-likeness (QED) is 0.632. The van der Waals surface area contributed by atoms with Crippen molar-refractivity contribution in [3.63, 3.8) is 0 Å². The Balaban J connectivity index is 2.68. The van der Waals surface area contributed by atoms with Gasteiger partial charge in [-0.25, -0.2) is 0 Å². The standard InChI is InChI=1S/C19H20F3O2P/c1-14(2)13-17(19(20,21)22)25(24,16-11-7-4-8-12-16)18(23)15-9-5-3-6-10-15/h3-12,14,17H,13H2,1-2H3. The van der Waals surface area contributed by atoms with Crippen molar-refractivity contribution in [2.24, 2.45) is 5.92 Å². The summed E-state index contributed by atoms with van der Waals surface area (Å²) in [4.78, 5) is 13.0. The van der Waals surface area contributed by atoms with Gasteiger partial charge >= 0.3 is 6.18 Å². The van der Waals surface area contributed by atoms with E-state index in [2.05, 4.69) is 0 Å². The molecule has 0 amide bonds. The molecule has 0 heterocycles. The molecule has 0 saturated carbocycles. The van der Waals surface area contributed by atoms with E-state index in [1.165, 1.54) is 36.4 Å². The third-order valence-electron chi connectivity index (χ3n) is 3.97. The summed E-state index contributed by atoms with van der Waals surface area (Å²) in [6, 6.07) is 14.9. The Morgan fingerprint density at radius 2 is 1.44 bits per heavy atom. The highest BCUT2D eigenvalue weighted by Crippen LogP contribution is 2.59. The third-order valence-corrected chi connectivity index (χ3v) is 7.28. The van der Waals surface area contributed by atoms with Crippen LogP contribution in [0.25, 0.3) is 0 Å². The highest BCUT2D eigenvalue weighted by Gasteiger charge is 2.55. The Hall–Kier alpha value is -1.87. The van der Waals surface area contributed by atoms with Gasteiger partial charge < -0.3 is 4.57 Å². The van der Waals surface area contributed by atoms with Crippen LogP contribution in [-0.2, 0) is 4.57 Å². The first-order chi connectivity index (χ1) is 11.7. The first-order valence-electron chi connectivity index (χ1n) is 7.99. The predicted molar refractivity (Wildman–Crippen MR) is 93.8 cm³/mol. The molecule has 0 fully saturated rings. The molecule has 25 heavy (non-hydrogen) atoms. The zero-order valence-electron chi connectivity index (χ0n) is 14.0. The molecular formula is C19H20F3O2P. The fourth-order valence-electron chi connectivity index (χ4n) is 2.80. The average molecular weight is 368 g/mol. The molecule has 2 unspecified atom stereocenters. The van der Waals surface area contributed by atoms with Crippen molar-refractivity contribution in [1.29, 1.82) is 0 Å². The van der Waals surface area contributed by atoms with Crippen molar-refractivity contribution >= 4 is 18.0 Å². The molecule has 0 bridgehead atoms. The minimum atomic E-state index is -4.74. The highest BCUT2D eigenvalue weighted by molar-refractivity contribution is 7.88. The van der Waals surface area contributed by atoms with Crippen LogP contribution < -0.4 is 5.30 Å². The lowest BCUT2D eigenvalue weighted by Crippen LogP contribution is -2.36. The van der Waals surface area contributed by atoms with E-state index in [1.807, 2.05) is 0 Å². The summed E-state index contributed by atoms with van der Waals surface area (Å²) in [5.41, 5.74) is -3.11. The second-order valence-corrected chi connectivity index (χ2v) is 9.21. The van der Waals surface area contributed by atoms with Crippen molar-refractivity contribution in [2.75, 3.05) is 0 Å². The van der Waals surface area contributed by atoms with Crippen molar-refractivity contribution < 1.29 is 22.5 Å². The second-order valence-electron chi connectivity index (χ2n) is 6.35. The maximum atomic E-state index is 13.8. The summed E-state index contributed by atoms with van der Waals surface area (Å²) in [5.74, 6) is -0.354. The molecule has 2 atom stereocenters. The molecule has 2 nitrogen and oxygen atoms in total. The van der Waals surface area contributed by atoms with E-state index in [4.69, 9.17) is 0 Å². The SMILES string of the molecule is CC(C)CC(C(F)(F)F)P(=O)(C(=O)c1ccccc1)c1ccccc1. The Morgan fingerprint density at radius 1 is 0.960 bits per heavy atom. The molecule has 0 spiro atoms. The lowest BCUT2D eigenvalue weighted by Gasteiger charge is -2.30. The molecule has 0 aliphatic heterocycles. The summed E-state index contributed by atoms with van der Waals surface area (Å²) in [5, 5.41) is -0.0492. The maximum Gasteiger partial charge on any atom is 0.399 e. The summed E-state index contributed by atoms with van der Waals surface area (Å²) in [6.45, 7) is 3.25. The van der Waals surface area contributed by atoms with Gasteiger partial charge in [-0.2, -0.15) is 13.2 Å². The predicted octanol–water partition coefficient (Wildman–Crippen LogP) is 5.49. The highest BCUT2D eigenvalue weighted by atomic mass is 31.2. The van der Waals surface area contributed by atoms with Gasteiger partial charge in [0.1, 0.15) is 5.66 Å². The first kappa shape index (κ1) is 19.5. The Morgan fingerprint density at radius 3 is 1.88 bits per heavy atom.